The molecule has 0 radical (unpaired) electrons. The van der Waals surface area contributed by atoms with Crippen molar-refractivity contribution in [2.45, 2.75) is 13.8 Å². The Balaban J connectivity index is 3.14. The molecule has 0 saturated carbocycles. The molecule has 0 aliphatic heterocycles. The summed E-state index contributed by atoms with van der Waals surface area (Å²) in [5.41, 5.74) is 1.47. The number of rotatable bonds is 0. The van der Waals surface area contributed by atoms with Crippen LogP contribution in [0.1, 0.15) is 13.8 Å². The van der Waals surface area contributed by atoms with Gasteiger partial charge in [0, 0.05) is 0 Å². The van der Waals surface area contributed by atoms with Crippen LogP contribution in [0, 0.1) is 0 Å². The van der Waals surface area contributed by atoms with E-state index in [-0.39, 0.29) is 0 Å². The van der Waals surface area contributed by atoms with E-state index in [2.05, 4.69) is 17.9 Å². The normalized spacial score (nSPS) is 7.60. The van der Waals surface area contributed by atoms with Crippen molar-refractivity contribution in [2.24, 2.45) is 0 Å². The quantitative estimate of drug-likeness (QED) is 0.466. The first kappa shape index (κ1) is 5.54. The second-order valence-electron chi connectivity index (χ2n) is 1.37. The maximum atomic E-state index is 2.29. The van der Waals surface area contributed by atoms with E-state index in [9.17, 15) is 0 Å². The zero-order valence-corrected chi connectivity index (χ0v) is 9.79. The van der Waals surface area contributed by atoms with E-state index in [1.165, 1.54) is 5.57 Å². The molecule has 0 spiro atoms. The summed E-state index contributed by atoms with van der Waals surface area (Å²) in [7, 11) is 0. The average Bonchev–Trinajstić information content (AvgIpc) is 1.38. The molecular weight excluding hydrogens is 167 g/mol. The molecule has 0 heterocycles. The molecule has 0 aromatic carbocycles. The summed E-state index contributed by atoms with van der Waals surface area (Å²) in [5, 5.41) is 0. The molecule has 0 rings (SSSR count). The molecule has 0 aromatic heterocycles. The van der Waals surface area contributed by atoms with Gasteiger partial charge in [-0.05, 0) is 0 Å². The summed E-state index contributed by atoms with van der Waals surface area (Å²) >= 11 is 0.789. The van der Waals surface area contributed by atoms with Crippen LogP contribution in [0.4, 0.5) is 0 Å². The number of allylic oxidation sites excluding steroid dienone is 1. The van der Waals surface area contributed by atoms with Gasteiger partial charge in [0.1, 0.15) is 0 Å². The van der Waals surface area contributed by atoms with Crippen LogP contribution in [0.5, 0.6) is 0 Å². The standard InChI is InChI=1S/C4H7.Sn.3H/c1-4(2)3;;;;/h1H,2-3H3;;;;. The van der Waals surface area contributed by atoms with Crippen molar-refractivity contribution in [3.63, 3.8) is 0 Å². The van der Waals surface area contributed by atoms with Crippen molar-refractivity contribution >= 4 is 22.5 Å². The Morgan fingerprint density at radius 2 is 1.80 bits per heavy atom. The summed E-state index contributed by atoms with van der Waals surface area (Å²) in [6.45, 7) is 4.27. The van der Waals surface area contributed by atoms with Gasteiger partial charge in [-0.25, -0.2) is 0 Å². The third-order valence-corrected chi connectivity index (χ3v) is 3.87. The summed E-state index contributed by atoms with van der Waals surface area (Å²) in [4.78, 5) is 0. The molecule has 30 valence electrons. The molecule has 0 unspecified atom stereocenters. The van der Waals surface area contributed by atoms with E-state index < -0.39 is 0 Å². The monoisotopic (exact) mass is 178 g/mol. The molecule has 0 nitrogen and oxygen atoms in total. The van der Waals surface area contributed by atoms with Gasteiger partial charge in [0.25, 0.3) is 0 Å². The van der Waals surface area contributed by atoms with Crippen molar-refractivity contribution in [2.75, 3.05) is 0 Å². The molecule has 0 N–H and O–H groups in total. The Morgan fingerprint density at radius 1 is 1.60 bits per heavy atom. The predicted molar refractivity (Wildman–Crippen MR) is 29.4 cm³/mol. The summed E-state index contributed by atoms with van der Waals surface area (Å²) in [6, 6.07) is 0. The Kier molecular flexibility index (Phi) is 3.06. The molecule has 0 aliphatic carbocycles. The van der Waals surface area contributed by atoms with Crippen molar-refractivity contribution in [1.82, 2.24) is 0 Å². The minimum absolute atomic E-state index is 0.789. The van der Waals surface area contributed by atoms with Crippen LogP contribution in [0.15, 0.2) is 9.67 Å². The number of hydrogen-bond donors (Lipinski definition) is 0. The molecule has 0 bridgehead atoms. The summed E-state index contributed by atoms with van der Waals surface area (Å²) < 4.78 is 2.29. The van der Waals surface area contributed by atoms with Gasteiger partial charge in [-0.1, -0.05) is 0 Å². The number of hydrogen-bond acceptors (Lipinski definition) is 0. The predicted octanol–water partition coefficient (Wildman–Crippen LogP) is 0.275. The molecule has 0 fully saturated rings. The van der Waals surface area contributed by atoms with Crippen molar-refractivity contribution in [3.8, 4) is 0 Å². The topological polar surface area (TPSA) is 0 Å². The second-order valence-corrected chi connectivity index (χ2v) is 3.01. The average molecular weight is 177 g/mol. The maximum absolute atomic E-state index is 2.29. The van der Waals surface area contributed by atoms with Crippen LogP contribution in [0.25, 0.3) is 0 Å². The fourth-order valence-electron chi connectivity index (χ4n) is 0. The molecule has 1 heteroatoms. The summed E-state index contributed by atoms with van der Waals surface area (Å²) in [6.07, 6.45) is 0. The molecule has 5 heavy (non-hydrogen) atoms. The Bertz CT molecular complexity index is 41.6. The van der Waals surface area contributed by atoms with Crippen LogP contribution in [0.2, 0.25) is 0 Å². The van der Waals surface area contributed by atoms with Gasteiger partial charge in [0.15, 0.2) is 0 Å². The van der Waals surface area contributed by atoms with Gasteiger partial charge in [0.2, 0.25) is 0 Å². The Hall–Kier alpha value is 0.539. The van der Waals surface area contributed by atoms with E-state index in [0.29, 0.717) is 0 Å². The van der Waals surface area contributed by atoms with E-state index >= 15 is 0 Å². The fraction of sp³-hybridized carbons (Fsp3) is 0.500. The molecule has 0 atom stereocenters. The zero-order chi connectivity index (χ0) is 4.28. The molecule has 0 aromatic rings. The van der Waals surface area contributed by atoms with Crippen molar-refractivity contribution in [1.29, 1.82) is 0 Å². The fourth-order valence-corrected chi connectivity index (χ4v) is 0. The molecule has 0 aliphatic rings. The van der Waals surface area contributed by atoms with Crippen LogP contribution >= 0.6 is 0 Å². The van der Waals surface area contributed by atoms with E-state index in [1.807, 2.05) is 0 Å². The van der Waals surface area contributed by atoms with Gasteiger partial charge in [-0.15, -0.1) is 0 Å². The zero-order valence-electron chi connectivity index (χ0n) is 4.08. The first-order chi connectivity index (χ1) is 2.27. The van der Waals surface area contributed by atoms with E-state index in [4.69, 9.17) is 0 Å². The Morgan fingerprint density at radius 3 is 1.80 bits per heavy atom. The van der Waals surface area contributed by atoms with Gasteiger partial charge in [-0.2, -0.15) is 0 Å². The van der Waals surface area contributed by atoms with Gasteiger partial charge >= 0.3 is 46.0 Å². The first-order valence-electron chi connectivity index (χ1n) is 1.87. The van der Waals surface area contributed by atoms with Crippen LogP contribution in [0.3, 0.4) is 0 Å². The first-order valence-corrected chi connectivity index (χ1v) is 5.16. The van der Waals surface area contributed by atoms with Gasteiger partial charge < -0.3 is 0 Å². The Labute approximate surface area is 46.4 Å². The van der Waals surface area contributed by atoms with E-state index in [1.54, 1.807) is 0 Å². The minimum atomic E-state index is 0.789. The van der Waals surface area contributed by atoms with Gasteiger partial charge in [-0.3, -0.25) is 0 Å². The molecular formula is C4H10Sn. The second kappa shape index (κ2) is 2.76. The SMILES string of the molecule is CC(C)=[CH][SnH3]. The van der Waals surface area contributed by atoms with Crippen LogP contribution < -0.4 is 0 Å². The molecule has 0 saturated heterocycles. The van der Waals surface area contributed by atoms with Crippen molar-refractivity contribution in [3.05, 3.63) is 9.67 Å². The summed E-state index contributed by atoms with van der Waals surface area (Å²) in [5.74, 6) is 0. The third-order valence-electron chi connectivity index (χ3n) is 0.577. The van der Waals surface area contributed by atoms with E-state index in [0.717, 1.165) is 22.5 Å². The van der Waals surface area contributed by atoms with Gasteiger partial charge in [0.05, 0.1) is 0 Å². The van der Waals surface area contributed by atoms with Crippen LogP contribution in [-0.2, 0) is 0 Å². The third kappa shape index (κ3) is 4.54. The molecule has 0 amide bonds. The van der Waals surface area contributed by atoms with Crippen molar-refractivity contribution < 1.29 is 0 Å². The van der Waals surface area contributed by atoms with Crippen LogP contribution in [-0.4, -0.2) is 22.5 Å².